The molecule has 6 heteroatoms. The average Bonchev–Trinajstić information content (AvgIpc) is 3.12. The third-order valence-corrected chi connectivity index (χ3v) is 4.66. The molecule has 1 aromatic rings. The lowest BCUT2D eigenvalue weighted by Gasteiger charge is -2.31. The van der Waals surface area contributed by atoms with Crippen LogP contribution in [0.5, 0.6) is 11.5 Å². The first-order chi connectivity index (χ1) is 11.4. The van der Waals surface area contributed by atoms with E-state index in [0.717, 1.165) is 29.9 Å². The SMILES string of the molecule is CC(C)(C)OC(=O)N[C@H]1CC[C@H]2O[C@H]2[C@@H]1c1ccc2c(c1)OCO2. The van der Waals surface area contributed by atoms with Crippen LogP contribution >= 0.6 is 0 Å². The number of amides is 1. The van der Waals surface area contributed by atoms with Crippen molar-refractivity contribution in [2.75, 3.05) is 6.79 Å². The summed E-state index contributed by atoms with van der Waals surface area (Å²) < 4.78 is 22.1. The molecule has 0 radical (unpaired) electrons. The van der Waals surface area contributed by atoms with Gasteiger partial charge in [-0.05, 0) is 51.3 Å². The van der Waals surface area contributed by atoms with Crippen molar-refractivity contribution in [3.8, 4) is 11.5 Å². The van der Waals surface area contributed by atoms with Crippen molar-refractivity contribution in [2.45, 2.75) is 63.4 Å². The minimum absolute atomic E-state index is 0.0102. The Kier molecular flexibility index (Phi) is 3.60. The summed E-state index contributed by atoms with van der Waals surface area (Å²) in [5, 5.41) is 3.04. The van der Waals surface area contributed by atoms with Gasteiger partial charge in [-0.1, -0.05) is 6.07 Å². The second-order valence-electron chi connectivity index (χ2n) is 7.61. The van der Waals surface area contributed by atoms with Gasteiger partial charge in [0, 0.05) is 12.0 Å². The summed E-state index contributed by atoms with van der Waals surface area (Å²) in [5.74, 6) is 1.62. The van der Waals surface area contributed by atoms with Crippen LogP contribution in [0.4, 0.5) is 4.79 Å². The number of ether oxygens (including phenoxy) is 4. The number of carbonyl (C=O) groups is 1. The first kappa shape index (κ1) is 15.6. The monoisotopic (exact) mass is 333 g/mol. The Balaban J connectivity index is 1.53. The van der Waals surface area contributed by atoms with Gasteiger partial charge < -0.3 is 24.3 Å². The van der Waals surface area contributed by atoms with Crippen molar-refractivity contribution >= 4 is 6.09 Å². The summed E-state index contributed by atoms with van der Waals surface area (Å²) in [4.78, 5) is 12.2. The van der Waals surface area contributed by atoms with Crippen LogP contribution in [0.25, 0.3) is 0 Å². The molecular weight excluding hydrogens is 310 g/mol. The fourth-order valence-corrected chi connectivity index (χ4v) is 3.62. The number of epoxide rings is 1. The highest BCUT2D eigenvalue weighted by Crippen LogP contribution is 2.47. The number of hydrogen-bond donors (Lipinski definition) is 1. The third-order valence-electron chi connectivity index (χ3n) is 4.66. The Labute approximate surface area is 141 Å². The van der Waals surface area contributed by atoms with E-state index in [1.54, 1.807) is 0 Å². The summed E-state index contributed by atoms with van der Waals surface area (Å²) in [6.07, 6.45) is 1.92. The lowest BCUT2D eigenvalue weighted by molar-refractivity contribution is 0.0488. The van der Waals surface area contributed by atoms with Crippen LogP contribution < -0.4 is 14.8 Å². The lowest BCUT2D eigenvalue weighted by atomic mass is 9.80. The standard InChI is InChI=1S/C18H23NO5/c1-18(2,3)24-17(20)19-11-5-7-13-16(23-13)15(11)10-4-6-12-14(8-10)22-9-21-12/h4,6,8,11,13,15-16H,5,7,9H2,1-3H3,(H,19,20)/t11-,13+,15+,16+/m0/s1. The summed E-state index contributed by atoms with van der Waals surface area (Å²) in [7, 11) is 0. The van der Waals surface area contributed by atoms with Crippen LogP contribution in [0.2, 0.25) is 0 Å². The minimum atomic E-state index is -0.508. The Bertz CT molecular complexity index is 653. The van der Waals surface area contributed by atoms with E-state index in [2.05, 4.69) is 5.32 Å². The van der Waals surface area contributed by atoms with Gasteiger partial charge in [-0.3, -0.25) is 0 Å². The van der Waals surface area contributed by atoms with Crippen LogP contribution in [0, 0.1) is 0 Å². The first-order valence-electron chi connectivity index (χ1n) is 8.45. The maximum atomic E-state index is 12.2. The number of nitrogens with one attached hydrogen (secondary N) is 1. The van der Waals surface area contributed by atoms with Crippen molar-refractivity contribution in [1.29, 1.82) is 0 Å². The maximum absolute atomic E-state index is 12.2. The van der Waals surface area contributed by atoms with Crippen LogP contribution in [-0.2, 0) is 9.47 Å². The number of fused-ring (bicyclic) bond motifs is 2. The Morgan fingerprint density at radius 3 is 2.79 bits per heavy atom. The molecule has 0 spiro atoms. The summed E-state index contributed by atoms with van der Waals surface area (Å²) in [6.45, 7) is 5.85. The molecule has 0 bridgehead atoms. The van der Waals surface area contributed by atoms with Gasteiger partial charge in [-0.25, -0.2) is 4.79 Å². The Morgan fingerprint density at radius 1 is 1.21 bits per heavy atom. The molecule has 1 N–H and O–H groups in total. The predicted octanol–water partition coefficient (Wildman–Crippen LogP) is 2.95. The number of alkyl carbamates (subject to hydrolysis) is 1. The van der Waals surface area contributed by atoms with Gasteiger partial charge in [0.15, 0.2) is 11.5 Å². The highest BCUT2D eigenvalue weighted by molar-refractivity contribution is 5.68. The summed E-state index contributed by atoms with van der Waals surface area (Å²) in [5.41, 5.74) is 0.596. The zero-order chi connectivity index (χ0) is 16.9. The normalized spacial score (nSPS) is 30.5. The van der Waals surface area contributed by atoms with E-state index >= 15 is 0 Å². The van der Waals surface area contributed by atoms with Gasteiger partial charge in [0.25, 0.3) is 0 Å². The van der Waals surface area contributed by atoms with E-state index in [-0.39, 0.29) is 30.9 Å². The molecule has 1 saturated carbocycles. The van der Waals surface area contributed by atoms with Gasteiger partial charge >= 0.3 is 6.09 Å². The number of hydrogen-bond acceptors (Lipinski definition) is 5. The van der Waals surface area contributed by atoms with Crippen LogP contribution in [-0.4, -0.2) is 36.7 Å². The molecule has 4 atom stereocenters. The molecule has 0 unspecified atom stereocenters. The highest BCUT2D eigenvalue weighted by atomic mass is 16.7. The summed E-state index contributed by atoms with van der Waals surface area (Å²) in [6, 6.07) is 5.95. The maximum Gasteiger partial charge on any atom is 0.407 e. The van der Waals surface area contributed by atoms with Gasteiger partial charge in [-0.15, -0.1) is 0 Å². The molecule has 6 nitrogen and oxygen atoms in total. The van der Waals surface area contributed by atoms with Crippen molar-refractivity contribution < 1.29 is 23.7 Å². The summed E-state index contributed by atoms with van der Waals surface area (Å²) >= 11 is 0. The zero-order valence-corrected chi connectivity index (χ0v) is 14.2. The van der Waals surface area contributed by atoms with Crippen LogP contribution in [0.1, 0.15) is 45.1 Å². The molecule has 130 valence electrons. The topological polar surface area (TPSA) is 69.3 Å². The molecule has 1 aliphatic carbocycles. The van der Waals surface area contributed by atoms with Crippen molar-refractivity contribution in [2.24, 2.45) is 0 Å². The lowest BCUT2D eigenvalue weighted by Crippen LogP contribution is -2.45. The molecule has 24 heavy (non-hydrogen) atoms. The first-order valence-corrected chi connectivity index (χ1v) is 8.45. The van der Waals surface area contributed by atoms with Crippen molar-refractivity contribution in [1.82, 2.24) is 5.32 Å². The quantitative estimate of drug-likeness (QED) is 0.843. The smallest absolute Gasteiger partial charge is 0.407 e. The van der Waals surface area contributed by atoms with Gasteiger partial charge in [-0.2, -0.15) is 0 Å². The van der Waals surface area contributed by atoms with E-state index < -0.39 is 5.60 Å². The predicted molar refractivity (Wildman–Crippen MR) is 86.4 cm³/mol. The largest absolute Gasteiger partial charge is 0.454 e. The number of rotatable bonds is 2. The molecule has 2 fully saturated rings. The molecule has 2 aliphatic heterocycles. The highest BCUT2D eigenvalue weighted by Gasteiger charge is 2.52. The van der Waals surface area contributed by atoms with E-state index in [1.807, 2.05) is 39.0 Å². The average molecular weight is 333 g/mol. The fraction of sp³-hybridized carbons (Fsp3) is 0.611. The molecular formula is C18H23NO5. The third kappa shape index (κ3) is 3.02. The van der Waals surface area contributed by atoms with E-state index in [4.69, 9.17) is 18.9 Å². The minimum Gasteiger partial charge on any atom is -0.454 e. The molecule has 1 aromatic carbocycles. The second kappa shape index (κ2) is 5.55. The van der Waals surface area contributed by atoms with Crippen LogP contribution in [0.15, 0.2) is 18.2 Å². The number of benzene rings is 1. The fourth-order valence-electron chi connectivity index (χ4n) is 3.62. The molecule has 2 heterocycles. The Hall–Kier alpha value is -1.95. The zero-order valence-electron chi connectivity index (χ0n) is 14.2. The molecule has 1 saturated heterocycles. The van der Waals surface area contributed by atoms with E-state index in [0.29, 0.717) is 6.10 Å². The molecule has 1 amide bonds. The Morgan fingerprint density at radius 2 is 2.00 bits per heavy atom. The van der Waals surface area contributed by atoms with Gasteiger partial charge in [0.1, 0.15) is 5.60 Å². The molecule has 0 aromatic heterocycles. The van der Waals surface area contributed by atoms with Gasteiger partial charge in [0.2, 0.25) is 6.79 Å². The van der Waals surface area contributed by atoms with E-state index in [9.17, 15) is 4.79 Å². The van der Waals surface area contributed by atoms with Crippen molar-refractivity contribution in [3.05, 3.63) is 23.8 Å². The number of carbonyl (C=O) groups excluding carboxylic acids is 1. The van der Waals surface area contributed by atoms with Crippen LogP contribution in [0.3, 0.4) is 0 Å². The van der Waals surface area contributed by atoms with E-state index in [1.165, 1.54) is 0 Å². The van der Waals surface area contributed by atoms with Crippen molar-refractivity contribution in [3.63, 3.8) is 0 Å². The van der Waals surface area contributed by atoms with Gasteiger partial charge in [0.05, 0.1) is 12.2 Å². The second-order valence-corrected chi connectivity index (χ2v) is 7.61. The molecule has 4 rings (SSSR count). The molecule has 3 aliphatic rings.